The third kappa shape index (κ3) is 3.51. The van der Waals surface area contributed by atoms with E-state index in [1.165, 1.54) is 18.2 Å². The summed E-state index contributed by atoms with van der Waals surface area (Å²) in [6, 6.07) is 4.19. The Morgan fingerprint density at radius 3 is 2.81 bits per heavy atom. The molecule has 1 heterocycles. The van der Waals surface area contributed by atoms with Crippen molar-refractivity contribution >= 4 is 23.0 Å². The first-order chi connectivity index (χ1) is 10.0. The van der Waals surface area contributed by atoms with Gasteiger partial charge in [-0.25, -0.2) is 4.79 Å². The van der Waals surface area contributed by atoms with E-state index in [4.69, 9.17) is 9.47 Å². The molecule has 1 aromatic carbocycles. The van der Waals surface area contributed by atoms with Gasteiger partial charge in [-0.05, 0) is 36.8 Å². The summed E-state index contributed by atoms with van der Waals surface area (Å²) >= 11 is 0.942. The number of nitro groups is 1. The van der Waals surface area contributed by atoms with Crippen LogP contribution < -0.4 is 4.74 Å². The van der Waals surface area contributed by atoms with E-state index in [0.717, 1.165) is 11.3 Å². The van der Waals surface area contributed by atoms with E-state index >= 15 is 0 Å². The Labute approximate surface area is 123 Å². The lowest BCUT2D eigenvalue weighted by Gasteiger charge is -2.04. The molecule has 8 nitrogen and oxygen atoms in total. The monoisotopic (exact) mass is 309 g/mol. The number of nitro benzene ring substituents is 1. The van der Waals surface area contributed by atoms with Crippen LogP contribution >= 0.6 is 11.3 Å². The van der Waals surface area contributed by atoms with Crippen molar-refractivity contribution in [1.29, 1.82) is 0 Å². The molecule has 0 radical (unpaired) electrons. The highest BCUT2D eigenvalue weighted by Crippen LogP contribution is 2.29. The lowest BCUT2D eigenvalue weighted by atomic mass is 10.2. The molecule has 0 fully saturated rings. The summed E-state index contributed by atoms with van der Waals surface area (Å²) < 4.78 is 10.3. The topological polar surface area (TPSA) is 104 Å². The van der Waals surface area contributed by atoms with Crippen LogP contribution in [0.4, 0.5) is 5.69 Å². The fraction of sp³-hybridized carbons (Fsp3) is 0.250. The number of nitrogens with zero attached hydrogens (tertiary/aromatic N) is 3. The fourth-order valence-corrected chi connectivity index (χ4v) is 2.08. The number of carbonyl (C=O) groups is 1. The van der Waals surface area contributed by atoms with Gasteiger partial charge in [-0.3, -0.25) is 10.1 Å². The van der Waals surface area contributed by atoms with Crippen molar-refractivity contribution in [3.8, 4) is 10.9 Å². The minimum absolute atomic E-state index is 0.0238. The molecule has 110 valence electrons. The summed E-state index contributed by atoms with van der Waals surface area (Å²) in [6.45, 7) is 3.61. The second kappa shape index (κ2) is 6.27. The van der Waals surface area contributed by atoms with Gasteiger partial charge in [0.2, 0.25) is 5.01 Å². The van der Waals surface area contributed by atoms with Gasteiger partial charge in [0, 0.05) is 12.1 Å². The van der Waals surface area contributed by atoms with E-state index in [9.17, 15) is 14.9 Å². The van der Waals surface area contributed by atoms with Crippen LogP contribution in [-0.4, -0.2) is 27.7 Å². The molecule has 0 atom stereocenters. The zero-order valence-corrected chi connectivity index (χ0v) is 12.0. The summed E-state index contributed by atoms with van der Waals surface area (Å²) in [7, 11) is 0. The molecule has 2 aromatic rings. The van der Waals surface area contributed by atoms with Gasteiger partial charge in [-0.15, -0.1) is 5.10 Å². The molecular formula is C12H11N3O5S. The molecule has 0 aliphatic heterocycles. The average molecular weight is 309 g/mol. The van der Waals surface area contributed by atoms with Gasteiger partial charge in [0.15, 0.2) is 0 Å². The predicted octanol–water partition coefficient (Wildman–Crippen LogP) is 2.72. The molecule has 0 saturated heterocycles. The highest BCUT2D eigenvalue weighted by Gasteiger charge is 2.16. The maximum atomic E-state index is 11.5. The van der Waals surface area contributed by atoms with Gasteiger partial charge >= 0.3 is 5.97 Å². The second-order valence-corrected chi connectivity index (χ2v) is 4.84. The molecule has 0 saturated carbocycles. The van der Waals surface area contributed by atoms with E-state index in [-0.39, 0.29) is 22.5 Å². The summed E-state index contributed by atoms with van der Waals surface area (Å²) in [6.07, 6.45) is 0. The van der Waals surface area contributed by atoms with E-state index in [0.29, 0.717) is 11.3 Å². The quantitative estimate of drug-likeness (QED) is 0.475. The molecule has 0 aliphatic rings. The standard InChI is InChI=1S/C12H11N3O5S/c1-3-19-11(16)10-13-14-12(21-10)20-9-5-4-8(15(17)18)6-7(9)2/h4-6H,3H2,1-2H3. The molecule has 2 rings (SSSR count). The molecule has 0 bridgehead atoms. The first kappa shape index (κ1) is 14.9. The third-order valence-corrected chi connectivity index (χ3v) is 3.20. The summed E-state index contributed by atoms with van der Waals surface area (Å²) in [5.41, 5.74) is 0.557. The van der Waals surface area contributed by atoms with Crippen molar-refractivity contribution in [1.82, 2.24) is 10.2 Å². The van der Waals surface area contributed by atoms with Crippen LogP contribution in [0, 0.1) is 17.0 Å². The Hall–Kier alpha value is -2.55. The van der Waals surface area contributed by atoms with Crippen molar-refractivity contribution in [2.45, 2.75) is 13.8 Å². The number of esters is 1. The van der Waals surface area contributed by atoms with E-state index in [1.54, 1.807) is 13.8 Å². The van der Waals surface area contributed by atoms with Gasteiger partial charge in [-0.2, -0.15) is 0 Å². The van der Waals surface area contributed by atoms with Gasteiger partial charge in [0.25, 0.3) is 10.9 Å². The number of aromatic nitrogens is 2. The number of non-ortho nitro benzene ring substituents is 1. The van der Waals surface area contributed by atoms with E-state index in [1.807, 2.05) is 0 Å². The van der Waals surface area contributed by atoms with E-state index in [2.05, 4.69) is 10.2 Å². The van der Waals surface area contributed by atoms with Crippen LogP contribution in [0.15, 0.2) is 18.2 Å². The van der Waals surface area contributed by atoms with Crippen molar-refractivity contribution < 1.29 is 19.2 Å². The summed E-state index contributed by atoms with van der Waals surface area (Å²) in [4.78, 5) is 21.6. The fourth-order valence-electron chi connectivity index (χ4n) is 1.48. The van der Waals surface area contributed by atoms with Gasteiger partial charge in [0.05, 0.1) is 11.5 Å². The number of ether oxygens (including phenoxy) is 2. The Balaban J connectivity index is 2.15. The molecule has 9 heteroatoms. The van der Waals surface area contributed by atoms with Gasteiger partial charge in [0.1, 0.15) is 5.75 Å². The molecule has 0 aliphatic carbocycles. The average Bonchev–Trinajstić information content (AvgIpc) is 2.90. The lowest BCUT2D eigenvalue weighted by Crippen LogP contribution is -2.03. The Morgan fingerprint density at radius 2 is 2.19 bits per heavy atom. The van der Waals surface area contributed by atoms with Crippen LogP contribution in [0.25, 0.3) is 0 Å². The molecule has 1 aromatic heterocycles. The van der Waals surface area contributed by atoms with Crippen LogP contribution in [0.5, 0.6) is 10.9 Å². The molecule has 0 amide bonds. The van der Waals surface area contributed by atoms with Crippen molar-refractivity contribution in [3.05, 3.63) is 38.9 Å². The summed E-state index contributed by atoms with van der Waals surface area (Å²) in [5, 5.41) is 18.3. The Morgan fingerprint density at radius 1 is 1.43 bits per heavy atom. The van der Waals surface area contributed by atoms with E-state index < -0.39 is 10.9 Å². The van der Waals surface area contributed by atoms with Crippen molar-refractivity contribution in [2.24, 2.45) is 0 Å². The molecule has 0 N–H and O–H groups in total. The highest BCUT2D eigenvalue weighted by atomic mass is 32.1. The number of hydrogen-bond acceptors (Lipinski definition) is 8. The molecule has 21 heavy (non-hydrogen) atoms. The van der Waals surface area contributed by atoms with Gasteiger partial charge in [-0.1, -0.05) is 5.10 Å². The minimum Gasteiger partial charge on any atom is -0.461 e. The van der Waals surface area contributed by atoms with Crippen LogP contribution in [0.1, 0.15) is 22.3 Å². The first-order valence-corrected chi connectivity index (χ1v) is 6.76. The second-order valence-electron chi connectivity index (χ2n) is 3.90. The maximum absolute atomic E-state index is 11.5. The number of carbonyl (C=O) groups excluding carboxylic acids is 1. The van der Waals surface area contributed by atoms with Crippen molar-refractivity contribution in [3.63, 3.8) is 0 Å². The largest absolute Gasteiger partial charge is 0.461 e. The lowest BCUT2D eigenvalue weighted by molar-refractivity contribution is -0.384. The van der Waals surface area contributed by atoms with Crippen LogP contribution in [-0.2, 0) is 4.74 Å². The number of rotatable bonds is 5. The SMILES string of the molecule is CCOC(=O)c1nnc(Oc2ccc([N+](=O)[O-])cc2C)s1. The smallest absolute Gasteiger partial charge is 0.369 e. The zero-order chi connectivity index (χ0) is 15.4. The first-order valence-electron chi connectivity index (χ1n) is 5.94. The Kier molecular flexibility index (Phi) is 4.43. The molecule has 0 spiro atoms. The number of aryl methyl sites for hydroxylation is 1. The molecule has 0 unspecified atom stereocenters. The van der Waals surface area contributed by atoms with Crippen LogP contribution in [0.2, 0.25) is 0 Å². The number of hydrogen-bond donors (Lipinski definition) is 0. The van der Waals surface area contributed by atoms with Crippen LogP contribution in [0.3, 0.4) is 0 Å². The predicted molar refractivity (Wildman–Crippen MR) is 73.8 cm³/mol. The van der Waals surface area contributed by atoms with Gasteiger partial charge < -0.3 is 9.47 Å². The maximum Gasteiger partial charge on any atom is 0.369 e. The third-order valence-electron chi connectivity index (χ3n) is 2.42. The zero-order valence-electron chi connectivity index (χ0n) is 11.2. The minimum atomic E-state index is -0.565. The highest BCUT2D eigenvalue weighted by molar-refractivity contribution is 7.14. The number of benzene rings is 1. The summed E-state index contributed by atoms with van der Waals surface area (Å²) in [5.74, 6) is -0.155. The molecular weight excluding hydrogens is 298 g/mol. The Bertz CT molecular complexity index is 685. The van der Waals surface area contributed by atoms with Crippen molar-refractivity contribution in [2.75, 3.05) is 6.61 Å². The normalized spacial score (nSPS) is 10.2.